The molecule has 6 unspecified atom stereocenters. The van der Waals surface area contributed by atoms with Gasteiger partial charge in [-0.2, -0.15) is 0 Å². The van der Waals surface area contributed by atoms with Crippen LogP contribution in [0.4, 0.5) is 0 Å². The zero-order chi connectivity index (χ0) is 20.3. The van der Waals surface area contributed by atoms with Crippen LogP contribution >= 0.6 is 0 Å². The van der Waals surface area contributed by atoms with Crippen LogP contribution in [0.15, 0.2) is 12.2 Å². The SMILES string of the molecule is C=C(C)C(=O)OC1CC2CC(C(=O)OCOC34CC5CC(CC(C5)C3=O)C4)C1C2. The van der Waals surface area contributed by atoms with Crippen LogP contribution < -0.4 is 0 Å². The lowest BCUT2D eigenvalue weighted by molar-refractivity contribution is -0.210. The molecule has 0 aliphatic heterocycles. The molecule has 6 saturated carbocycles. The number of fused-ring (bicyclic) bond motifs is 2. The summed E-state index contributed by atoms with van der Waals surface area (Å²) in [6, 6.07) is 0. The van der Waals surface area contributed by atoms with Gasteiger partial charge < -0.3 is 14.2 Å². The summed E-state index contributed by atoms with van der Waals surface area (Å²) >= 11 is 0. The average Bonchev–Trinajstić information content (AvgIpc) is 3.25. The normalized spacial score (nSPS) is 44.2. The van der Waals surface area contributed by atoms with E-state index >= 15 is 0 Å². The van der Waals surface area contributed by atoms with E-state index in [1.165, 1.54) is 6.42 Å². The third-order valence-corrected chi connectivity index (χ3v) is 8.16. The lowest BCUT2D eigenvalue weighted by atomic mass is 9.53. The van der Waals surface area contributed by atoms with Crippen molar-refractivity contribution in [2.75, 3.05) is 6.79 Å². The maximum Gasteiger partial charge on any atom is 0.333 e. The molecule has 0 radical (unpaired) electrons. The second-order valence-electron chi connectivity index (χ2n) is 10.2. The summed E-state index contributed by atoms with van der Waals surface area (Å²) in [6.07, 6.45) is 7.04. The van der Waals surface area contributed by atoms with E-state index in [0.717, 1.165) is 44.9 Å². The molecule has 0 saturated heterocycles. The number of ketones is 1. The molecule has 0 N–H and O–H groups in total. The maximum atomic E-state index is 12.8. The van der Waals surface area contributed by atoms with Gasteiger partial charge in [0.25, 0.3) is 0 Å². The Kier molecular flexibility index (Phi) is 4.61. The molecule has 6 fully saturated rings. The van der Waals surface area contributed by atoms with Gasteiger partial charge in [-0.25, -0.2) is 4.79 Å². The molecule has 158 valence electrons. The van der Waals surface area contributed by atoms with Crippen molar-refractivity contribution in [2.24, 2.45) is 35.5 Å². The third kappa shape index (κ3) is 3.24. The smallest absolute Gasteiger partial charge is 0.333 e. The molecular formula is C23H30O6. The maximum absolute atomic E-state index is 12.8. The predicted molar refractivity (Wildman–Crippen MR) is 102 cm³/mol. The second-order valence-corrected chi connectivity index (χ2v) is 10.2. The highest BCUT2D eigenvalue weighted by Crippen LogP contribution is 2.55. The number of Topliss-reactive ketones (excluding diaryl/α,β-unsaturated/α-hetero) is 1. The van der Waals surface area contributed by atoms with Crippen LogP contribution in [-0.4, -0.2) is 36.2 Å². The van der Waals surface area contributed by atoms with Gasteiger partial charge in [0.15, 0.2) is 12.6 Å². The standard InChI is InChI=1S/C23H30O6/c1-12(2)21(25)29-19-8-13-6-17(19)18(7-13)22(26)27-11-28-23-9-14-3-15(10-23)5-16(4-14)20(23)24/h13-19H,1,3-11H2,2H3. The van der Waals surface area contributed by atoms with Crippen LogP contribution in [0.5, 0.6) is 0 Å². The number of rotatable bonds is 6. The number of hydrogen-bond donors (Lipinski definition) is 0. The number of ether oxygens (including phenoxy) is 3. The first-order chi connectivity index (χ1) is 13.8. The van der Waals surface area contributed by atoms with Crippen molar-refractivity contribution < 1.29 is 28.6 Å². The predicted octanol–water partition coefficient (Wildman–Crippen LogP) is 3.19. The molecule has 0 aromatic rings. The lowest BCUT2D eigenvalue weighted by Crippen LogP contribution is -2.59. The Labute approximate surface area is 171 Å². The minimum Gasteiger partial charge on any atom is -0.459 e. The molecule has 6 nitrogen and oxygen atoms in total. The number of carbonyl (C=O) groups excluding carboxylic acids is 3. The molecule has 29 heavy (non-hydrogen) atoms. The first-order valence-electron chi connectivity index (χ1n) is 11.1. The molecule has 0 heterocycles. The van der Waals surface area contributed by atoms with E-state index in [2.05, 4.69) is 6.58 Å². The molecule has 6 aliphatic carbocycles. The highest BCUT2D eigenvalue weighted by molar-refractivity contribution is 5.91. The summed E-state index contributed by atoms with van der Waals surface area (Å²) in [5.41, 5.74) is -0.343. The van der Waals surface area contributed by atoms with Gasteiger partial charge in [0.2, 0.25) is 0 Å². The minimum absolute atomic E-state index is 0.0111. The van der Waals surface area contributed by atoms with Gasteiger partial charge in [0, 0.05) is 17.4 Å². The number of carbonyl (C=O) groups is 3. The zero-order valence-corrected chi connectivity index (χ0v) is 17.1. The van der Waals surface area contributed by atoms with Gasteiger partial charge in [-0.15, -0.1) is 0 Å². The fourth-order valence-corrected chi connectivity index (χ4v) is 7.13. The largest absolute Gasteiger partial charge is 0.459 e. The van der Waals surface area contributed by atoms with E-state index in [9.17, 15) is 14.4 Å². The molecule has 0 spiro atoms. The van der Waals surface area contributed by atoms with Crippen LogP contribution in [0, 0.1) is 35.5 Å². The van der Waals surface area contributed by atoms with Crippen LogP contribution in [0.25, 0.3) is 0 Å². The van der Waals surface area contributed by atoms with Gasteiger partial charge in [0.1, 0.15) is 11.7 Å². The van der Waals surface area contributed by atoms with Gasteiger partial charge in [-0.3, -0.25) is 9.59 Å². The fraction of sp³-hybridized carbons (Fsp3) is 0.783. The molecular weight excluding hydrogens is 372 g/mol. The van der Waals surface area contributed by atoms with Crippen LogP contribution in [0.1, 0.15) is 58.3 Å². The summed E-state index contributed by atoms with van der Waals surface area (Å²) in [5, 5.41) is 0. The van der Waals surface area contributed by atoms with Crippen molar-refractivity contribution in [1.82, 2.24) is 0 Å². The Hall–Kier alpha value is -1.69. The summed E-state index contributed by atoms with van der Waals surface area (Å²) in [5.74, 6) is 1.00. The average molecular weight is 402 g/mol. The molecule has 6 bridgehead atoms. The van der Waals surface area contributed by atoms with Crippen LogP contribution in [-0.2, 0) is 28.6 Å². The lowest BCUT2D eigenvalue weighted by Gasteiger charge is -2.54. The van der Waals surface area contributed by atoms with Gasteiger partial charge >= 0.3 is 11.9 Å². The van der Waals surface area contributed by atoms with Crippen LogP contribution in [0.2, 0.25) is 0 Å². The van der Waals surface area contributed by atoms with Gasteiger partial charge in [-0.1, -0.05) is 6.58 Å². The molecule has 6 aliphatic rings. The molecule has 6 rings (SSSR count). The molecule has 6 heteroatoms. The molecule has 0 amide bonds. The summed E-state index contributed by atoms with van der Waals surface area (Å²) < 4.78 is 17.0. The highest BCUT2D eigenvalue weighted by atomic mass is 16.7. The Balaban J connectivity index is 1.16. The first kappa shape index (κ1) is 19.3. The van der Waals surface area contributed by atoms with E-state index in [0.29, 0.717) is 23.3 Å². The van der Waals surface area contributed by atoms with E-state index in [1.807, 2.05) is 0 Å². The molecule has 6 atom stereocenters. The quantitative estimate of drug-likeness (QED) is 0.386. The number of hydrogen-bond acceptors (Lipinski definition) is 6. The summed E-state index contributed by atoms with van der Waals surface area (Å²) in [7, 11) is 0. The topological polar surface area (TPSA) is 78.9 Å². The highest BCUT2D eigenvalue weighted by Gasteiger charge is 2.58. The van der Waals surface area contributed by atoms with E-state index in [1.54, 1.807) is 6.92 Å². The van der Waals surface area contributed by atoms with Crippen LogP contribution in [0.3, 0.4) is 0 Å². The van der Waals surface area contributed by atoms with Crippen molar-refractivity contribution in [3.05, 3.63) is 12.2 Å². The summed E-state index contributed by atoms with van der Waals surface area (Å²) in [4.78, 5) is 37.4. The van der Waals surface area contributed by atoms with E-state index in [4.69, 9.17) is 14.2 Å². The summed E-state index contributed by atoms with van der Waals surface area (Å²) in [6.45, 7) is 5.10. The van der Waals surface area contributed by atoms with Gasteiger partial charge in [-0.05, 0) is 76.0 Å². The Bertz CT molecular complexity index is 742. The Morgan fingerprint density at radius 2 is 1.76 bits per heavy atom. The fourth-order valence-electron chi connectivity index (χ4n) is 7.13. The second kappa shape index (κ2) is 6.93. The zero-order valence-electron chi connectivity index (χ0n) is 17.1. The van der Waals surface area contributed by atoms with Crippen molar-refractivity contribution in [1.29, 1.82) is 0 Å². The van der Waals surface area contributed by atoms with Crippen molar-refractivity contribution >= 4 is 17.7 Å². The van der Waals surface area contributed by atoms with Crippen molar-refractivity contribution in [2.45, 2.75) is 70.0 Å². The minimum atomic E-state index is -0.719. The third-order valence-electron chi connectivity index (χ3n) is 8.16. The van der Waals surface area contributed by atoms with E-state index in [-0.39, 0.29) is 42.4 Å². The number of esters is 2. The Morgan fingerprint density at radius 1 is 1.03 bits per heavy atom. The molecule has 0 aromatic heterocycles. The molecule has 0 aromatic carbocycles. The monoisotopic (exact) mass is 402 g/mol. The van der Waals surface area contributed by atoms with E-state index < -0.39 is 11.6 Å². The van der Waals surface area contributed by atoms with Crippen molar-refractivity contribution in [3.63, 3.8) is 0 Å². The van der Waals surface area contributed by atoms with Crippen molar-refractivity contribution in [3.8, 4) is 0 Å². The first-order valence-corrected chi connectivity index (χ1v) is 11.1. The Morgan fingerprint density at radius 3 is 2.41 bits per heavy atom. The van der Waals surface area contributed by atoms with Gasteiger partial charge in [0.05, 0.1) is 5.92 Å².